The van der Waals surface area contributed by atoms with Crippen LogP contribution < -0.4 is 0 Å². The third kappa shape index (κ3) is 3.05. The molecule has 0 aliphatic rings. The number of rotatable bonds is 2. The van der Waals surface area contributed by atoms with E-state index in [1.54, 1.807) is 0 Å². The van der Waals surface area contributed by atoms with Crippen LogP contribution in [0.15, 0.2) is 47.0 Å². The molecule has 0 heterocycles. The van der Waals surface area contributed by atoms with Crippen molar-refractivity contribution in [2.75, 3.05) is 0 Å². The van der Waals surface area contributed by atoms with Crippen molar-refractivity contribution < 1.29 is 0 Å². The summed E-state index contributed by atoms with van der Waals surface area (Å²) in [4.78, 5) is 0. The van der Waals surface area contributed by atoms with Gasteiger partial charge in [-0.1, -0.05) is 52.4 Å². The first-order chi connectivity index (χ1) is 5.83. The molecule has 62 valence electrons. The van der Waals surface area contributed by atoms with E-state index in [0.717, 1.165) is 4.47 Å². The van der Waals surface area contributed by atoms with Gasteiger partial charge in [-0.25, -0.2) is 0 Å². The van der Waals surface area contributed by atoms with Gasteiger partial charge in [0.2, 0.25) is 0 Å². The van der Waals surface area contributed by atoms with Crippen LogP contribution in [-0.2, 0) is 0 Å². The van der Waals surface area contributed by atoms with Gasteiger partial charge < -0.3 is 0 Å². The molecule has 12 heavy (non-hydrogen) atoms. The van der Waals surface area contributed by atoms with Crippen molar-refractivity contribution in [3.05, 3.63) is 52.5 Å². The van der Waals surface area contributed by atoms with E-state index in [-0.39, 0.29) is 0 Å². The van der Waals surface area contributed by atoms with Gasteiger partial charge in [-0.3, -0.25) is 0 Å². The van der Waals surface area contributed by atoms with E-state index in [0.29, 0.717) is 0 Å². The molecule has 0 aromatic heterocycles. The Morgan fingerprint density at radius 2 is 2.08 bits per heavy atom. The minimum Gasteiger partial charge on any atom is -0.0877 e. The lowest BCUT2D eigenvalue weighted by atomic mass is 10.2. The normalized spacial score (nSPS) is 11.5. The summed E-state index contributed by atoms with van der Waals surface area (Å²) in [6.07, 6.45) is 8.13. The molecule has 0 aliphatic carbocycles. The van der Waals surface area contributed by atoms with Gasteiger partial charge in [-0.05, 0) is 24.6 Å². The summed E-state index contributed by atoms with van der Waals surface area (Å²) in [6.45, 7) is 2.01. The highest BCUT2D eigenvalue weighted by atomic mass is 79.9. The lowest BCUT2D eigenvalue weighted by molar-refractivity contribution is 1.61. The monoisotopic (exact) mass is 222 g/mol. The molecule has 1 heteroatoms. The molecule has 0 nitrogen and oxygen atoms in total. The standard InChI is InChI=1S/C11H11Br/c1-2-3-4-6-10-7-5-8-11(12)9-10/h2-9H,1H3. The summed E-state index contributed by atoms with van der Waals surface area (Å²) >= 11 is 3.42. The minimum absolute atomic E-state index is 1.12. The Hall–Kier alpha value is -0.820. The molecule has 0 spiro atoms. The van der Waals surface area contributed by atoms with Gasteiger partial charge in [0, 0.05) is 4.47 Å². The SMILES string of the molecule is CC=CC=Cc1cccc(Br)c1. The van der Waals surface area contributed by atoms with Crippen LogP contribution in [0.25, 0.3) is 6.08 Å². The third-order valence-electron chi connectivity index (χ3n) is 1.44. The Morgan fingerprint density at radius 3 is 2.75 bits per heavy atom. The van der Waals surface area contributed by atoms with Crippen molar-refractivity contribution in [1.29, 1.82) is 0 Å². The first-order valence-corrected chi connectivity index (χ1v) is 4.67. The predicted molar refractivity (Wildman–Crippen MR) is 58.0 cm³/mol. The molecule has 0 radical (unpaired) electrons. The molecule has 0 N–H and O–H groups in total. The molecule has 1 rings (SSSR count). The summed E-state index contributed by atoms with van der Waals surface area (Å²) in [6, 6.07) is 8.21. The second kappa shape index (κ2) is 4.94. The Bertz CT molecular complexity index is 298. The Labute approximate surface area is 81.7 Å². The van der Waals surface area contributed by atoms with Crippen molar-refractivity contribution in [3.63, 3.8) is 0 Å². The molecule has 0 aliphatic heterocycles. The maximum absolute atomic E-state index is 3.42. The zero-order valence-electron chi connectivity index (χ0n) is 7.00. The van der Waals surface area contributed by atoms with Gasteiger partial charge in [0.05, 0.1) is 0 Å². The first-order valence-electron chi connectivity index (χ1n) is 3.88. The summed E-state index contributed by atoms with van der Waals surface area (Å²) < 4.78 is 1.12. The largest absolute Gasteiger partial charge is 0.0877 e. The second-order valence-corrected chi connectivity index (χ2v) is 3.36. The number of allylic oxidation sites excluding steroid dienone is 3. The molecule has 0 amide bonds. The number of hydrogen-bond acceptors (Lipinski definition) is 0. The minimum atomic E-state index is 1.12. The molecule has 1 aromatic carbocycles. The van der Waals surface area contributed by atoms with Crippen LogP contribution in [0.5, 0.6) is 0 Å². The average molecular weight is 223 g/mol. The topological polar surface area (TPSA) is 0 Å². The fourth-order valence-electron chi connectivity index (χ4n) is 0.888. The summed E-state index contributed by atoms with van der Waals surface area (Å²) in [5.41, 5.74) is 1.21. The van der Waals surface area contributed by atoms with Crippen LogP contribution >= 0.6 is 15.9 Å². The van der Waals surface area contributed by atoms with Gasteiger partial charge in [0.25, 0.3) is 0 Å². The zero-order valence-corrected chi connectivity index (χ0v) is 8.58. The van der Waals surface area contributed by atoms with Crippen molar-refractivity contribution in [2.45, 2.75) is 6.92 Å². The number of benzene rings is 1. The van der Waals surface area contributed by atoms with Gasteiger partial charge >= 0.3 is 0 Å². The van der Waals surface area contributed by atoms with E-state index >= 15 is 0 Å². The van der Waals surface area contributed by atoms with Crippen molar-refractivity contribution in [2.24, 2.45) is 0 Å². The quantitative estimate of drug-likeness (QED) is 0.663. The Kier molecular flexibility index (Phi) is 3.81. The molecule has 0 bridgehead atoms. The Balaban J connectivity index is 2.76. The van der Waals surface area contributed by atoms with E-state index in [4.69, 9.17) is 0 Å². The number of halogens is 1. The van der Waals surface area contributed by atoms with Crippen molar-refractivity contribution >= 4 is 22.0 Å². The maximum Gasteiger partial charge on any atom is 0.0181 e. The van der Waals surface area contributed by atoms with Crippen LogP contribution in [0.2, 0.25) is 0 Å². The van der Waals surface area contributed by atoms with Crippen LogP contribution in [0.3, 0.4) is 0 Å². The highest BCUT2D eigenvalue weighted by Crippen LogP contribution is 2.12. The highest BCUT2D eigenvalue weighted by molar-refractivity contribution is 9.10. The lowest BCUT2D eigenvalue weighted by Crippen LogP contribution is -1.69. The molecule has 0 unspecified atom stereocenters. The summed E-state index contributed by atoms with van der Waals surface area (Å²) in [5.74, 6) is 0. The second-order valence-electron chi connectivity index (χ2n) is 2.44. The molecular weight excluding hydrogens is 212 g/mol. The Morgan fingerprint density at radius 1 is 1.25 bits per heavy atom. The fraction of sp³-hybridized carbons (Fsp3) is 0.0909. The van der Waals surface area contributed by atoms with Gasteiger partial charge in [0.15, 0.2) is 0 Å². The molecule has 0 saturated heterocycles. The van der Waals surface area contributed by atoms with Crippen LogP contribution in [-0.4, -0.2) is 0 Å². The lowest BCUT2D eigenvalue weighted by Gasteiger charge is -1.92. The van der Waals surface area contributed by atoms with Crippen LogP contribution in [0, 0.1) is 0 Å². The summed E-state index contributed by atoms with van der Waals surface area (Å²) in [5, 5.41) is 0. The van der Waals surface area contributed by atoms with Gasteiger partial charge in [-0.2, -0.15) is 0 Å². The van der Waals surface area contributed by atoms with Crippen molar-refractivity contribution in [3.8, 4) is 0 Å². The van der Waals surface area contributed by atoms with E-state index in [1.165, 1.54) is 5.56 Å². The van der Waals surface area contributed by atoms with E-state index < -0.39 is 0 Å². The molecular formula is C11H11Br. The highest BCUT2D eigenvalue weighted by Gasteiger charge is 1.86. The molecule has 0 saturated carbocycles. The van der Waals surface area contributed by atoms with E-state index in [9.17, 15) is 0 Å². The molecule has 1 aromatic rings. The van der Waals surface area contributed by atoms with E-state index in [1.807, 2.05) is 37.3 Å². The predicted octanol–water partition coefficient (Wildman–Crippen LogP) is 4.04. The average Bonchev–Trinajstić information content (AvgIpc) is 2.05. The molecule has 0 fully saturated rings. The van der Waals surface area contributed by atoms with Gasteiger partial charge in [0.1, 0.15) is 0 Å². The maximum atomic E-state index is 3.42. The smallest absolute Gasteiger partial charge is 0.0181 e. The fourth-order valence-corrected chi connectivity index (χ4v) is 1.30. The third-order valence-corrected chi connectivity index (χ3v) is 1.93. The van der Waals surface area contributed by atoms with E-state index in [2.05, 4.69) is 34.1 Å². The van der Waals surface area contributed by atoms with Crippen LogP contribution in [0.4, 0.5) is 0 Å². The van der Waals surface area contributed by atoms with Crippen molar-refractivity contribution in [1.82, 2.24) is 0 Å². The zero-order chi connectivity index (χ0) is 8.81. The van der Waals surface area contributed by atoms with Gasteiger partial charge in [-0.15, -0.1) is 0 Å². The first kappa shape index (κ1) is 9.27. The number of hydrogen-bond donors (Lipinski definition) is 0. The van der Waals surface area contributed by atoms with Crippen LogP contribution in [0.1, 0.15) is 12.5 Å². The summed E-state index contributed by atoms with van der Waals surface area (Å²) in [7, 11) is 0. The molecule has 0 atom stereocenters.